The predicted molar refractivity (Wildman–Crippen MR) is 180 cm³/mol. The van der Waals surface area contributed by atoms with E-state index in [1.165, 1.54) is 24.5 Å². The van der Waals surface area contributed by atoms with Crippen molar-refractivity contribution in [1.29, 1.82) is 0 Å². The topological polar surface area (TPSA) is 63.0 Å². The number of carbonyl (C=O) groups excluding carboxylic acids is 1. The fourth-order valence-electron chi connectivity index (χ4n) is 7.37. The summed E-state index contributed by atoms with van der Waals surface area (Å²) < 4.78 is 43.1. The third kappa shape index (κ3) is 7.28. The molecule has 10 heteroatoms. The van der Waals surface area contributed by atoms with Crippen molar-refractivity contribution >= 4 is 17.3 Å². The average molecular weight is 659 g/mol. The van der Waals surface area contributed by atoms with Gasteiger partial charge in [-0.25, -0.2) is 0 Å². The maximum Gasteiger partial charge on any atom is 0.573 e. The molecule has 7 nitrogen and oxygen atoms in total. The maximum atomic E-state index is 13.8. The van der Waals surface area contributed by atoms with Crippen LogP contribution in [0.5, 0.6) is 5.75 Å². The molecule has 252 valence electrons. The Morgan fingerprint density at radius 2 is 1.42 bits per heavy atom. The first-order valence-electron chi connectivity index (χ1n) is 16.5. The minimum Gasteiger partial charge on any atom is -0.619 e. The number of hydrogen-bond donors (Lipinski definition) is 0. The Balaban J connectivity index is 1.10. The van der Waals surface area contributed by atoms with Crippen LogP contribution in [0.3, 0.4) is 0 Å². The molecule has 0 spiro atoms. The smallest absolute Gasteiger partial charge is 0.573 e. The van der Waals surface area contributed by atoms with Crippen molar-refractivity contribution in [3.8, 4) is 16.9 Å². The first-order valence-corrected chi connectivity index (χ1v) is 16.5. The number of alkyl halides is 3. The van der Waals surface area contributed by atoms with E-state index in [1.54, 1.807) is 24.3 Å². The highest BCUT2D eigenvalue weighted by atomic mass is 19.4. The van der Waals surface area contributed by atoms with Crippen LogP contribution in [0.25, 0.3) is 11.1 Å². The third-order valence-electron chi connectivity index (χ3n) is 9.99. The Bertz CT molecular complexity index is 1690. The summed E-state index contributed by atoms with van der Waals surface area (Å²) in [4.78, 5) is 20.6. The largest absolute Gasteiger partial charge is 0.619 e. The molecule has 3 aromatic carbocycles. The highest BCUT2D eigenvalue weighted by Crippen LogP contribution is 2.37. The fraction of sp³-hybridized carbons (Fsp3) is 0.368. The molecule has 0 N–H and O–H groups in total. The number of aromatic nitrogens is 1. The molecule has 0 saturated carbocycles. The number of benzene rings is 3. The van der Waals surface area contributed by atoms with Crippen LogP contribution in [0.2, 0.25) is 0 Å². The Morgan fingerprint density at radius 1 is 0.854 bits per heavy atom. The maximum absolute atomic E-state index is 13.8. The average Bonchev–Trinajstić information content (AvgIpc) is 3.06. The number of likely N-dealkylation sites (tertiary alicyclic amines) is 2. The Labute approximate surface area is 279 Å². The van der Waals surface area contributed by atoms with E-state index < -0.39 is 6.36 Å². The minimum atomic E-state index is -4.73. The lowest BCUT2D eigenvalue weighted by molar-refractivity contribution is -0.605. The van der Waals surface area contributed by atoms with Crippen molar-refractivity contribution < 1.29 is 27.4 Å². The number of rotatable bonds is 7. The Kier molecular flexibility index (Phi) is 9.38. The molecular formula is C38H41F3N4O3. The van der Waals surface area contributed by atoms with Gasteiger partial charge in [-0.3, -0.25) is 9.69 Å². The first kappa shape index (κ1) is 33.3. The van der Waals surface area contributed by atoms with Crippen LogP contribution in [0.4, 0.5) is 24.5 Å². The zero-order chi connectivity index (χ0) is 34.1. The van der Waals surface area contributed by atoms with E-state index in [1.807, 2.05) is 61.2 Å². The number of para-hydroxylation sites is 1. The van der Waals surface area contributed by atoms with Gasteiger partial charge in [-0.15, -0.1) is 13.2 Å². The van der Waals surface area contributed by atoms with E-state index in [0.717, 1.165) is 82.7 Å². The Morgan fingerprint density at radius 3 is 1.98 bits per heavy atom. The summed E-state index contributed by atoms with van der Waals surface area (Å²) in [5.41, 5.74) is 6.30. The van der Waals surface area contributed by atoms with Crippen LogP contribution in [0.1, 0.15) is 54.1 Å². The quantitative estimate of drug-likeness (QED) is 0.150. The second-order valence-electron chi connectivity index (χ2n) is 13.2. The van der Waals surface area contributed by atoms with Gasteiger partial charge in [-0.05, 0) is 105 Å². The number of hydrogen-bond acceptors (Lipinski definition) is 5. The molecule has 48 heavy (non-hydrogen) atoms. The molecule has 1 amide bonds. The van der Waals surface area contributed by atoms with Crippen LogP contribution >= 0.6 is 0 Å². The van der Waals surface area contributed by atoms with Gasteiger partial charge in [0.05, 0.1) is 0 Å². The highest BCUT2D eigenvalue weighted by Gasteiger charge is 2.40. The standard InChI is InChI=1S/C38H41F3N4O3/c1-27-25-30(29-13-21-44(47)22-14-29)26-28(2)35(27)36(46)42-23-17-37(3,18-24-42)43-19-15-33(16-20-43)45(31-7-5-4-6-8-31)32-9-11-34(12-10-32)48-38(39,40)41/h4-14,21-22,25-26,33H,15-20,23-24H2,1-3H3. The molecule has 4 aromatic rings. The monoisotopic (exact) mass is 658 g/mol. The predicted octanol–water partition coefficient (Wildman–Crippen LogP) is 7.80. The van der Waals surface area contributed by atoms with Crippen LogP contribution in [-0.2, 0) is 0 Å². The number of aryl methyl sites for hydroxylation is 2. The van der Waals surface area contributed by atoms with Gasteiger partial charge in [-0.1, -0.05) is 30.3 Å². The summed E-state index contributed by atoms with van der Waals surface area (Å²) in [6.07, 6.45) is 1.77. The summed E-state index contributed by atoms with van der Waals surface area (Å²) in [5.74, 6) is -0.173. The lowest BCUT2D eigenvalue weighted by Crippen LogP contribution is -2.57. The number of nitrogens with zero attached hydrogens (tertiary/aromatic N) is 4. The van der Waals surface area contributed by atoms with Crippen molar-refractivity contribution in [2.24, 2.45) is 0 Å². The number of carbonyl (C=O) groups is 1. The highest BCUT2D eigenvalue weighted by molar-refractivity contribution is 5.98. The summed E-state index contributed by atoms with van der Waals surface area (Å²) in [6, 6.07) is 23.9. The van der Waals surface area contributed by atoms with E-state index >= 15 is 0 Å². The molecular weight excluding hydrogens is 617 g/mol. The molecule has 1 aromatic heterocycles. The van der Waals surface area contributed by atoms with E-state index in [2.05, 4.69) is 21.5 Å². The van der Waals surface area contributed by atoms with E-state index in [-0.39, 0.29) is 23.2 Å². The molecule has 0 atom stereocenters. The minimum absolute atomic E-state index is 0.0321. The molecule has 2 aliphatic heterocycles. The van der Waals surface area contributed by atoms with E-state index in [4.69, 9.17) is 0 Å². The van der Waals surface area contributed by atoms with Gasteiger partial charge in [-0.2, -0.15) is 4.73 Å². The molecule has 6 rings (SSSR count). The summed E-state index contributed by atoms with van der Waals surface area (Å²) >= 11 is 0. The normalized spacial score (nSPS) is 17.2. The van der Waals surface area contributed by atoms with Gasteiger partial charge in [0.25, 0.3) is 5.91 Å². The number of ether oxygens (including phenoxy) is 1. The fourth-order valence-corrected chi connectivity index (χ4v) is 7.37. The van der Waals surface area contributed by atoms with Crippen molar-refractivity contribution in [3.63, 3.8) is 0 Å². The Hall–Kier alpha value is -4.57. The van der Waals surface area contributed by atoms with Crippen LogP contribution < -0.4 is 14.4 Å². The summed E-state index contributed by atoms with van der Waals surface area (Å²) in [6.45, 7) is 9.39. The van der Waals surface area contributed by atoms with Gasteiger partial charge < -0.3 is 19.7 Å². The number of amides is 1. The summed E-state index contributed by atoms with van der Waals surface area (Å²) in [5, 5.41) is 11.5. The van der Waals surface area contributed by atoms with Crippen LogP contribution in [0.15, 0.2) is 91.3 Å². The van der Waals surface area contributed by atoms with Crippen LogP contribution in [-0.4, -0.2) is 59.8 Å². The zero-order valence-corrected chi connectivity index (χ0v) is 27.5. The lowest BCUT2D eigenvalue weighted by Gasteiger charge is -2.50. The lowest BCUT2D eigenvalue weighted by atomic mass is 9.84. The molecule has 0 aliphatic carbocycles. The second kappa shape index (κ2) is 13.5. The van der Waals surface area contributed by atoms with Gasteiger partial charge in [0.15, 0.2) is 12.4 Å². The van der Waals surface area contributed by atoms with E-state index in [0.29, 0.717) is 13.1 Å². The van der Waals surface area contributed by atoms with Crippen molar-refractivity contribution in [3.05, 3.63) is 113 Å². The van der Waals surface area contributed by atoms with Crippen molar-refractivity contribution in [2.45, 2.75) is 64.4 Å². The SMILES string of the molecule is Cc1cc(-c2cc[n+]([O-])cc2)cc(C)c1C(=O)N1CCC(C)(N2CCC(N(c3ccccc3)c3ccc(OC(F)(F)F)cc3)CC2)CC1. The van der Waals surface area contributed by atoms with Crippen molar-refractivity contribution in [1.82, 2.24) is 9.80 Å². The molecule has 0 unspecified atom stereocenters. The van der Waals surface area contributed by atoms with Gasteiger partial charge in [0.2, 0.25) is 0 Å². The number of anilines is 2. The molecule has 0 bridgehead atoms. The van der Waals surface area contributed by atoms with E-state index in [9.17, 15) is 23.2 Å². The number of halogens is 3. The molecule has 2 saturated heterocycles. The molecule has 2 fully saturated rings. The number of pyridine rings is 1. The first-order chi connectivity index (χ1) is 22.9. The molecule has 3 heterocycles. The number of piperidine rings is 2. The molecule has 0 radical (unpaired) electrons. The van der Waals surface area contributed by atoms with Gasteiger partial charge in [0.1, 0.15) is 5.75 Å². The molecule has 2 aliphatic rings. The second-order valence-corrected chi connectivity index (χ2v) is 13.2. The zero-order valence-electron chi connectivity index (χ0n) is 27.5. The van der Waals surface area contributed by atoms with Gasteiger partial charge >= 0.3 is 6.36 Å². The van der Waals surface area contributed by atoms with Gasteiger partial charge in [0, 0.05) is 66.8 Å². The third-order valence-corrected chi connectivity index (χ3v) is 9.99. The summed E-state index contributed by atoms with van der Waals surface area (Å²) in [7, 11) is 0. The van der Waals surface area contributed by atoms with Crippen LogP contribution in [0, 0.1) is 19.1 Å². The van der Waals surface area contributed by atoms with Crippen molar-refractivity contribution in [2.75, 3.05) is 31.1 Å².